The number of carbonyl (C=O) groups is 1. The van der Waals surface area contributed by atoms with E-state index in [0.717, 1.165) is 0 Å². The zero-order valence-corrected chi connectivity index (χ0v) is 14.5. The van der Waals surface area contributed by atoms with Gasteiger partial charge in [0.05, 0.1) is 10.6 Å². The molecule has 4 nitrogen and oxygen atoms in total. The fourth-order valence-electron chi connectivity index (χ4n) is 1.82. The van der Waals surface area contributed by atoms with Crippen molar-refractivity contribution in [1.82, 2.24) is 10.6 Å². The van der Waals surface area contributed by atoms with Gasteiger partial charge in [-0.05, 0) is 40.7 Å². The van der Waals surface area contributed by atoms with Gasteiger partial charge in [0.2, 0.25) is 0 Å². The lowest BCUT2D eigenvalue weighted by molar-refractivity contribution is 0.0472. The molecule has 0 aliphatic carbocycles. The summed E-state index contributed by atoms with van der Waals surface area (Å²) >= 11 is 5.74. The molecule has 0 bridgehead atoms. The van der Waals surface area contributed by atoms with Crippen molar-refractivity contribution in [1.29, 1.82) is 0 Å². The van der Waals surface area contributed by atoms with Gasteiger partial charge in [0.25, 0.3) is 0 Å². The van der Waals surface area contributed by atoms with Crippen LogP contribution in [0.25, 0.3) is 0 Å². The third-order valence-corrected chi connectivity index (χ3v) is 3.05. The quantitative estimate of drug-likeness (QED) is 0.861. The van der Waals surface area contributed by atoms with E-state index >= 15 is 0 Å². The molecule has 1 aromatic rings. The summed E-state index contributed by atoms with van der Waals surface area (Å²) in [5.41, 5.74) is -0.588. The van der Waals surface area contributed by atoms with E-state index in [1.165, 1.54) is 6.07 Å². The first-order valence-electron chi connectivity index (χ1n) is 7.15. The third kappa shape index (κ3) is 6.62. The van der Waals surface area contributed by atoms with Crippen molar-refractivity contribution in [3.05, 3.63) is 34.6 Å². The molecular formula is C16H24ClFN2O2. The van der Waals surface area contributed by atoms with Gasteiger partial charge in [-0.15, -0.1) is 0 Å². The smallest absolute Gasteiger partial charge is 0.408 e. The Labute approximate surface area is 136 Å². The summed E-state index contributed by atoms with van der Waals surface area (Å²) in [6.07, 6.45) is -0.478. The van der Waals surface area contributed by atoms with Gasteiger partial charge in [0.15, 0.2) is 0 Å². The SMILES string of the molecule is CC(C)(CNCc1cccc(Cl)c1F)NC(=O)OC(C)(C)C. The van der Waals surface area contributed by atoms with Crippen LogP contribution in [-0.2, 0) is 11.3 Å². The van der Waals surface area contributed by atoms with E-state index in [-0.39, 0.29) is 5.02 Å². The predicted molar refractivity (Wildman–Crippen MR) is 86.6 cm³/mol. The van der Waals surface area contributed by atoms with Crippen LogP contribution in [0.3, 0.4) is 0 Å². The van der Waals surface area contributed by atoms with Crippen LogP contribution < -0.4 is 10.6 Å². The summed E-state index contributed by atoms with van der Waals surface area (Å²) in [5.74, 6) is -0.422. The Hall–Kier alpha value is -1.33. The van der Waals surface area contributed by atoms with Gasteiger partial charge in [0.1, 0.15) is 11.4 Å². The lowest BCUT2D eigenvalue weighted by Crippen LogP contribution is -2.51. The molecule has 124 valence electrons. The van der Waals surface area contributed by atoms with E-state index < -0.39 is 23.1 Å². The highest BCUT2D eigenvalue weighted by Gasteiger charge is 2.24. The molecule has 0 fully saturated rings. The second-order valence-electron chi connectivity index (χ2n) is 6.83. The van der Waals surface area contributed by atoms with Gasteiger partial charge in [-0.1, -0.05) is 23.7 Å². The van der Waals surface area contributed by atoms with Gasteiger partial charge < -0.3 is 15.4 Å². The average molecular weight is 331 g/mol. The Morgan fingerprint density at radius 1 is 1.27 bits per heavy atom. The highest BCUT2D eigenvalue weighted by atomic mass is 35.5. The third-order valence-electron chi connectivity index (χ3n) is 2.75. The Kier molecular flexibility index (Phi) is 6.20. The Morgan fingerprint density at radius 3 is 2.50 bits per heavy atom. The molecule has 0 saturated heterocycles. The van der Waals surface area contributed by atoms with E-state index in [0.29, 0.717) is 18.7 Å². The summed E-state index contributed by atoms with van der Waals surface area (Å²) in [5, 5.41) is 5.99. The minimum absolute atomic E-state index is 0.102. The van der Waals surface area contributed by atoms with E-state index in [1.54, 1.807) is 32.9 Å². The number of carbonyl (C=O) groups excluding carboxylic acids is 1. The van der Waals surface area contributed by atoms with E-state index in [2.05, 4.69) is 10.6 Å². The number of nitrogens with one attached hydrogen (secondary N) is 2. The average Bonchev–Trinajstić information content (AvgIpc) is 2.31. The molecule has 0 aromatic heterocycles. The summed E-state index contributed by atoms with van der Waals surface area (Å²) in [6, 6.07) is 4.88. The Bertz CT molecular complexity index is 527. The molecule has 0 aliphatic rings. The molecule has 1 amide bonds. The van der Waals surface area contributed by atoms with Crippen molar-refractivity contribution >= 4 is 17.7 Å². The zero-order chi connectivity index (χ0) is 17.0. The number of alkyl carbamates (subject to hydrolysis) is 1. The number of amides is 1. The maximum absolute atomic E-state index is 13.8. The Morgan fingerprint density at radius 2 is 1.91 bits per heavy atom. The number of halogens is 2. The lowest BCUT2D eigenvalue weighted by atomic mass is 10.1. The largest absolute Gasteiger partial charge is 0.444 e. The number of rotatable bonds is 5. The van der Waals surface area contributed by atoms with Gasteiger partial charge in [-0.2, -0.15) is 0 Å². The molecule has 22 heavy (non-hydrogen) atoms. The minimum Gasteiger partial charge on any atom is -0.444 e. The molecular weight excluding hydrogens is 307 g/mol. The molecule has 0 radical (unpaired) electrons. The van der Waals surface area contributed by atoms with Crippen LogP contribution in [0.2, 0.25) is 5.02 Å². The summed E-state index contributed by atoms with van der Waals surface area (Å²) in [4.78, 5) is 11.8. The first-order valence-corrected chi connectivity index (χ1v) is 7.53. The monoisotopic (exact) mass is 330 g/mol. The standard InChI is InChI=1S/C16H24ClFN2O2/c1-15(2,3)22-14(21)20-16(4,5)10-19-9-11-7-6-8-12(17)13(11)18/h6-8,19H,9-10H2,1-5H3,(H,20,21). The molecule has 1 aromatic carbocycles. The zero-order valence-electron chi connectivity index (χ0n) is 13.7. The van der Waals surface area contributed by atoms with Crippen molar-refractivity contribution in [3.8, 4) is 0 Å². The van der Waals surface area contributed by atoms with E-state index in [4.69, 9.17) is 16.3 Å². The van der Waals surface area contributed by atoms with Crippen LogP contribution in [0.1, 0.15) is 40.2 Å². The van der Waals surface area contributed by atoms with Crippen molar-refractivity contribution in [3.63, 3.8) is 0 Å². The normalized spacial score (nSPS) is 12.1. The highest BCUT2D eigenvalue weighted by molar-refractivity contribution is 6.30. The highest BCUT2D eigenvalue weighted by Crippen LogP contribution is 2.17. The topological polar surface area (TPSA) is 50.4 Å². The first-order chi connectivity index (χ1) is 10.0. The maximum Gasteiger partial charge on any atom is 0.408 e. The second-order valence-corrected chi connectivity index (χ2v) is 7.23. The number of benzene rings is 1. The fourth-order valence-corrected chi connectivity index (χ4v) is 2.01. The van der Waals surface area contributed by atoms with E-state index in [1.807, 2.05) is 13.8 Å². The van der Waals surface area contributed by atoms with Gasteiger partial charge in [0, 0.05) is 18.7 Å². The van der Waals surface area contributed by atoms with Crippen molar-refractivity contribution in [2.75, 3.05) is 6.54 Å². The van der Waals surface area contributed by atoms with Crippen LogP contribution >= 0.6 is 11.6 Å². The first kappa shape index (κ1) is 18.7. The molecule has 0 spiro atoms. The van der Waals surface area contributed by atoms with Crippen LogP contribution in [0.5, 0.6) is 0 Å². The molecule has 0 heterocycles. The Balaban J connectivity index is 2.49. The molecule has 0 atom stereocenters. The molecule has 0 aliphatic heterocycles. The van der Waals surface area contributed by atoms with Crippen LogP contribution in [0.15, 0.2) is 18.2 Å². The molecule has 0 unspecified atom stereocenters. The summed E-state index contributed by atoms with van der Waals surface area (Å²) < 4.78 is 19.0. The summed E-state index contributed by atoms with van der Waals surface area (Å²) in [7, 11) is 0. The van der Waals surface area contributed by atoms with Gasteiger partial charge >= 0.3 is 6.09 Å². The number of ether oxygens (including phenoxy) is 1. The number of hydrogen-bond donors (Lipinski definition) is 2. The maximum atomic E-state index is 13.8. The molecule has 6 heteroatoms. The second kappa shape index (κ2) is 7.29. The molecule has 1 rings (SSSR count). The van der Waals surface area contributed by atoms with Crippen LogP contribution in [0.4, 0.5) is 9.18 Å². The van der Waals surface area contributed by atoms with Crippen LogP contribution in [0, 0.1) is 5.82 Å². The van der Waals surface area contributed by atoms with Crippen molar-refractivity contribution < 1.29 is 13.9 Å². The molecule has 2 N–H and O–H groups in total. The summed E-state index contributed by atoms with van der Waals surface area (Å²) in [6.45, 7) is 9.92. The van der Waals surface area contributed by atoms with Crippen molar-refractivity contribution in [2.45, 2.75) is 52.3 Å². The van der Waals surface area contributed by atoms with Gasteiger partial charge in [-0.3, -0.25) is 0 Å². The van der Waals surface area contributed by atoms with Crippen LogP contribution in [-0.4, -0.2) is 23.8 Å². The molecule has 0 saturated carbocycles. The number of hydrogen-bond acceptors (Lipinski definition) is 3. The van der Waals surface area contributed by atoms with Gasteiger partial charge in [-0.25, -0.2) is 9.18 Å². The fraction of sp³-hybridized carbons (Fsp3) is 0.562. The predicted octanol–water partition coefficient (Wildman–Crippen LogP) is 3.87. The minimum atomic E-state index is -0.544. The van der Waals surface area contributed by atoms with Crippen molar-refractivity contribution in [2.24, 2.45) is 0 Å². The lowest BCUT2D eigenvalue weighted by Gasteiger charge is -2.29. The van der Waals surface area contributed by atoms with E-state index in [9.17, 15) is 9.18 Å².